The molecule has 0 radical (unpaired) electrons. The number of alkyl halides is 6. The van der Waals surface area contributed by atoms with Crippen molar-refractivity contribution in [3.8, 4) is 0 Å². The first-order valence-corrected chi connectivity index (χ1v) is 3.65. The molecule has 0 bridgehead atoms. The van der Waals surface area contributed by atoms with Gasteiger partial charge in [-0.3, -0.25) is 4.79 Å². The molecule has 0 heterocycles. The van der Waals surface area contributed by atoms with E-state index in [4.69, 9.17) is 0 Å². The molecule has 9 heteroatoms. The molecular weight excluding hydrogens is 333 g/mol. The minimum Gasteiger partial charge on any atom is -0.422 e. The summed E-state index contributed by atoms with van der Waals surface area (Å²) in [5.74, 6) is -4.62. The summed E-state index contributed by atoms with van der Waals surface area (Å²) in [6.07, 6.45) is -11.1. The molecule has 0 rings (SSSR count). The van der Waals surface area contributed by atoms with Crippen LogP contribution in [0.25, 0.3) is 0 Å². The Morgan fingerprint density at radius 3 is 1.71 bits per heavy atom. The van der Waals surface area contributed by atoms with Crippen LogP contribution in [-0.2, 0) is 7.86 Å². The van der Waals surface area contributed by atoms with Crippen molar-refractivity contribution in [2.75, 3.05) is 0 Å². The Labute approximate surface area is 87.6 Å². The van der Waals surface area contributed by atoms with Gasteiger partial charge in [-0.15, -0.1) is 0 Å². The Hall–Kier alpha value is -0.480. The van der Waals surface area contributed by atoms with E-state index >= 15 is 0 Å². The predicted octanol–water partition coefficient (Wildman–Crippen LogP) is 2.93. The van der Waals surface area contributed by atoms with E-state index in [0.29, 0.717) is 0 Å². The summed E-state index contributed by atoms with van der Waals surface area (Å²) < 4.78 is 73.4. The van der Waals surface area contributed by atoms with Crippen molar-refractivity contribution in [3.63, 3.8) is 0 Å². The fourth-order valence-corrected chi connectivity index (χ4v) is 0.726. The summed E-state index contributed by atoms with van der Waals surface area (Å²) in [5.41, 5.74) is 0. The summed E-state index contributed by atoms with van der Waals surface area (Å²) in [6.45, 7) is 0. The second-order valence-electron chi connectivity index (χ2n) is 1.95. The predicted molar refractivity (Wildman–Crippen MR) is 40.3 cm³/mol. The topological polar surface area (TPSA) is 26.3 Å². The average molecular weight is 334 g/mol. The molecular formula is C5HF6IO2. The molecule has 0 fully saturated rings. The molecule has 0 aromatic heterocycles. The SMILES string of the molecule is O=C(/C=C(\OI)C(F)(F)F)C(F)(F)F. The van der Waals surface area contributed by atoms with E-state index in [-0.39, 0.29) is 0 Å². The molecule has 0 aromatic rings. The Morgan fingerprint density at radius 1 is 1.07 bits per heavy atom. The number of rotatable bonds is 2. The normalized spacial score (nSPS) is 14.1. The maximum Gasteiger partial charge on any atom is 0.454 e. The molecule has 14 heavy (non-hydrogen) atoms. The Morgan fingerprint density at radius 2 is 1.50 bits per heavy atom. The van der Waals surface area contributed by atoms with E-state index in [0.717, 1.165) is 23.0 Å². The Bertz CT molecular complexity index is 252. The van der Waals surface area contributed by atoms with E-state index < -0.39 is 30.0 Å². The van der Waals surface area contributed by atoms with Gasteiger partial charge in [0.25, 0.3) is 5.78 Å². The van der Waals surface area contributed by atoms with Crippen LogP contribution in [-0.4, -0.2) is 18.1 Å². The third-order valence-electron chi connectivity index (χ3n) is 0.904. The fourth-order valence-electron chi connectivity index (χ4n) is 0.349. The summed E-state index contributed by atoms with van der Waals surface area (Å²) >= 11 is 0.728. The van der Waals surface area contributed by atoms with Crippen LogP contribution in [0.15, 0.2) is 11.8 Å². The number of hydrogen-bond acceptors (Lipinski definition) is 2. The summed E-state index contributed by atoms with van der Waals surface area (Å²) in [4.78, 5) is 10.1. The summed E-state index contributed by atoms with van der Waals surface area (Å²) in [7, 11) is 0. The highest BCUT2D eigenvalue weighted by Gasteiger charge is 2.42. The highest BCUT2D eigenvalue weighted by molar-refractivity contribution is 14.1. The third-order valence-corrected chi connectivity index (χ3v) is 1.38. The lowest BCUT2D eigenvalue weighted by Gasteiger charge is -2.08. The monoisotopic (exact) mass is 334 g/mol. The van der Waals surface area contributed by atoms with E-state index in [2.05, 4.69) is 3.07 Å². The van der Waals surface area contributed by atoms with Gasteiger partial charge < -0.3 is 3.07 Å². The Kier molecular flexibility index (Phi) is 4.21. The first kappa shape index (κ1) is 13.5. The van der Waals surface area contributed by atoms with Gasteiger partial charge in [0, 0.05) is 6.08 Å². The van der Waals surface area contributed by atoms with Crippen LogP contribution in [0.3, 0.4) is 0 Å². The van der Waals surface area contributed by atoms with Crippen LogP contribution in [0.4, 0.5) is 26.3 Å². The van der Waals surface area contributed by atoms with Crippen LogP contribution in [0.1, 0.15) is 0 Å². The average Bonchev–Trinajstić information content (AvgIpc) is 1.95. The highest BCUT2D eigenvalue weighted by Crippen LogP contribution is 2.29. The number of allylic oxidation sites excluding steroid dienone is 2. The lowest BCUT2D eigenvalue weighted by atomic mass is 10.3. The van der Waals surface area contributed by atoms with Crippen LogP contribution < -0.4 is 0 Å². The second kappa shape index (κ2) is 4.36. The molecule has 0 spiro atoms. The maximum absolute atomic E-state index is 11.8. The quantitative estimate of drug-likeness (QED) is 0.336. The van der Waals surface area contributed by atoms with Gasteiger partial charge in [0.2, 0.25) is 5.76 Å². The third kappa shape index (κ3) is 4.15. The number of hydrogen-bond donors (Lipinski definition) is 0. The molecule has 0 aliphatic carbocycles. The van der Waals surface area contributed by atoms with Crippen molar-refractivity contribution in [1.29, 1.82) is 0 Å². The smallest absolute Gasteiger partial charge is 0.422 e. The van der Waals surface area contributed by atoms with Crippen LogP contribution in [0, 0.1) is 0 Å². The zero-order chi connectivity index (χ0) is 11.6. The van der Waals surface area contributed by atoms with Crippen molar-refractivity contribution in [3.05, 3.63) is 11.8 Å². The zero-order valence-corrected chi connectivity index (χ0v) is 8.20. The number of ketones is 1. The number of carbonyl (C=O) groups is 1. The van der Waals surface area contributed by atoms with Crippen molar-refractivity contribution >= 4 is 28.8 Å². The second-order valence-corrected chi connectivity index (χ2v) is 2.39. The van der Waals surface area contributed by atoms with Crippen molar-refractivity contribution in [2.24, 2.45) is 0 Å². The molecule has 2 nitrogen and oxygen atoms in total. The standard InChI is InChI=1S/C5HF6IO2/c6-4(7,8)2(13)1-3(14-12)5(9,10)11/h1H/b3-1-. The van der Waals surface area contributed by atoms with Gasteiger partial charge in [-0.25, -0.2) is 0 Å². The van der Waals surface area contributed by atoms with Gasteiger partial charge in [0.15, 0.2) is 23.0 Å². The number of halogens is 7. The first-order valence-electron chi connectivity index (χ1n) is 2.77. The lowest BCUT2D eigenvalue weighted by Crippen LogP contribution is -2.23. The lowest BCUT2D eigenvalue weighted by molar-refractivity contribution is -0.166. The molecule has 82 valence electrons. The molecule has 0 aromatic carbocycles. The van der Waals surface area contributed by atoms with Gasteiger partial charge in [-0.2, -0.15) is 26.3 Å². The van der Waals surface area contributed by atoms with Crippen molar-refractivity contribution in [2.45, 2.75) is 12.4 Å². The molecule has 0 saturated heterocycles. The largest absolute Gasteiger partial charge is 0.454 e. The first-order chi connectivity index (χ1) is 6.09. The van der Waals surface area contributed by atoms with E-state index in [1.807, 2.05) is 0 Å². The Balaban J connectivity index is 4.89. The number of carbonyl (C=O) groups excluding carboxylic acids is 1. The highest BCUT2D eigenvalue weighted by atomic mass is 127. The maximum atomic E-state index is 11.8. The van der Waals surface area contributed by atoms with Gasteiger partial charge in [-0.1, -0.05) is 0 Å². The van der Waals surface area contributed by atoms with Gasteiger partial charge in [0.1, 0.15) is 0 Å². The molecule has 0 N–H and O–H groups in total. The molecule has 0 aliphatic rings. The zero-order valence-electron chi connectivity index (χ0n) is 6.04. The van der Waals surface area contributed by atoms with E-state index in [1.54, 1.807) is 0 Å². The minimum absolute atomic E-state index is 0.646. The van der Waals surface area contributed by atoms with Crippen LogP contribution in [0.5, 0.6) is 0 Å². The summed E-state index contributed by atoms with van der Waals surface area (Å²) in [6, 6.07) is 0. The molecule has 0 aliphatic heterocycles. The van der Waals surface area contributed by atoms with Crippen LogP contribution in [0.2, 0.25) is 0 Å². The summed E-state index contributed by atoms with van der Waals surface area (Å²) in [5, 5.41) is 0. The molecule has 0 saturated carbocycles. The van der Waals surface area contributed by atoms with Gasteiger partial charge in [0.05, 0.1) is 0 Å². The fraction of sp³-hybridized carbons (Fsp3) is 0.400. The van der Waals surface area contributed by atoms with E-state index in [1.165, 1.54) is 0 Å². The minimum atomic E-state index is -5.34. The molecule has 0 amide bonds. The molecule has 0 atom stereocenters. The van der Waals surface area contributed by atoms with E-state index in [9.17, 15) is 31.1 Å². The van der Waals surface area contributed by atoms with Crippen LogP contribution >= 0.6 is 23.0 Å². The van der Waals surface area contributed by atoms with Gasteiger partial charge >= 0.3 is 12.4 Å². The molecule has 0 unspecified atom stereocenters. The van der Waals surface area contributed by atoms with Crippen molar-refractivity contribution < 1.29 is 34.2 Å². The van der Waals surface area contributed by atoms with Crippen molar-refractivity contribution in [1.82, 2.24) is 0 Å². The van der Waals surface area contributed by atoms with Gasteiger partial charge in [-0.05, 0) is 0 Å².